The van der Waals surface area contributed by atoms with Crippen LogP contribution in [0.5, 0.6) is 0 Å². The maximum atomic E-state index is 12.5. The second-order valence-electron chi connectivity index (χ2n) is 24.6. The van der Waals surface area contributed by atoms with E-state index in [9.17, 15) is 19.8 Å². The zero-order valence-corrected chi connectivity index (χ0v) is 53.4. The lowest BCUT2D eigenvalue weighted by Crippen LogP contribution is -2.45. The van der Waals surface area contributed by atoms with E-state index in [1.165, 1.54) is 315 Å². The fraction of sp³-hybridized carbons (Fsp3) is 0.890. The molecule has 0 aliphatic heterocycles. The number of carbonyl (C=O) groups is 2. The molecule has 466 valence electrons. The van der Waals surface area contributed by atoms with Crippen molar-refractivity contribution in [1.29, 1.82) is 0 Å². The number of carbonyl (C=O) groups excluding carboxylic acids is 2. The second-order valence-corrected chi connectivity index (χ2v) is 24.6. The predicted molar refractivity (Wildman–Crippen MR) is 347 cm³/mol. The van der Waals surface area contributed by atoms with Crippen LogP contribution < -0.4 is 5.32 Å². The molecule has 0 aromatic carbocycles. The number of unbranched alkanes of at least 4 members (excludes halogenated alkanes) is 52. The lowest BCUT2D eigenvalue weighted by atomic mass is 10.0. The number of aliphatic hydroxyl groups excluding tert-OH is 2. The van der Waals surface area contributed by atoms with Crippen LogP contribution in [-0.2, 0) is 14.3 Å². The van der Waals surface area contributed by atoms with E-state index in [1.807, 2.05) is 6.08 Å². The number of aliphatic hydroxyl groups is 2. The lowest BCUT2D eigenvalue weighted by Gasteiger charge is -2.20. The first kappa shape index (κ1) is 77.1. The van der Waals surface area contributed by atoms with E-state index in [2.05, 4.69) is 43.5 Å². The number of allylic oxidation sites excluding steroid dienone is 5. The molecule has 79 heavy (non-hydrogen) atoms. The molecule has 0 rings (SSSR count). The van der Waals surface area contributed by atoms with Crippen molar-refractivity contribution >= 4 is 11.9 Å². The number of amides is 1. The van der Waals surface area contributed by atoms with Crippen molar-refractivity contribution in [2.45, 2.75) is 405 Å². The standard InChI is InChI=1S/C73H139NO5/c1-3-5-7-9-11-13-15-17-19-21-22-23-27-30-34-37-41-45-49-53-57-61-65-71(76)70(69-75)74-72(77)66-62-58-54-50-46-42-38-35-31-28-25-24-26-29-32-36-40-44-48-52-56-60-64-68-79-73(78)67-63-59-55-51-47-43-39-33-20-18-16-14-12-10-8-6-4-2/h12,14,18,20,61,65,70-71,75-76H,3-11,13,15-17,19,21-60,62-64,66-69H2,1-2H3,(H,74,77)/b14-12-,20-18-,65-61+. The van der Waals surface area contributed by atoms with Crippen LogP contribution in [0.15, 0.2) is 36.5 Å². The maximum Gasteiger partial charge on any atom is 0.305 e. The highest BCUT2D eigenvalue weighted by atomic mass is 16.5. The SMILES string of the molecule is CCCCC/C=C\C/C=C\CCCCCCCCCC(=O)OCCCCCCCCCCCCCCCCCCCCCCCCCC(=O)NC(CO)C(O)/C=C/CCCCCCCCCCCCCCCCCCCCCC. The maximum absolute atomic E-state index is 12.5. The van der Waals surface area contributed by atoms with Crippen LogP contribution in [0.4, 0.5) is 0 Å². The highest BCUT2D eigenvalue weighted by Crippen LogP contribution is 2.19. The van der Waals surface area contributed by atoms with Gasteiger partial charge in [0.25, 0.3) is 0 Å². The van der Waals surface area contributed by atoms with E-state index in [4.69, 9.17) is 4.74 Å². The van der Waals surface area contributed by atoms with E-state index < -0.39 is 12.1 Å². The summed E-state index contributed by atoms with van der Waals surface area (Å²) in [7, 11) is 0. The molecule has 2 unspecified atom stereocenters. The Kier molecular flexibility index (Phi) is 66.9. The first-order valence-electron chi connectivity index (χ1n) is 35.8. The summed E-state index contributed by atoms with van der Waals surface area (Å²) in [5.41, 5.74) is 0. The van der Waals surface area contributed by atoms with Gasteiger partial charge in [-0.25, -0.2) is 0 Å². The zero-order chi connectivity index (χ0) is 57.1. The Labute approximate surface area is 494 Å². The fourth-order valence-corrected chi connectivity index (χ4v) is 11.2. The summed E-state index contributed by atoms with van der Waals surface area (Å²) in [5.74, 6) is -0.0569. The van der Waals surface area contributed by atoms with Gasteiger partial charge in [-0.2, -0.15) is 0 Å². The Hall–Kier alpha value is -1.92. The molecule has 0 radical (unpaired) electrons. The number of ether oxygens (including phenoxy) is 1. The molecular formula is C73H139NO5. The summed E-state index contributed by atoms with van der Waals surface area (Å²) in [6.07, 6.45) is 87.9. The summed E-state index contributed by atoms with van der Waals surface area (Å²) in [5, 5.41) is 23.3. The fourth-order valence-electron chi connectivity index (χ4n) is 11.2. The second kappa shape index (κ2) is 68.6. The minimum atomic E-state index is -0.846. The third-order valence-electron chi connectivity index (χ3n) is 16.7. The van der Waals surface area contributed by atoms with Crippen LogP contribution >= 0.6 is 0 Å². The molecule has 3 N–H and O–H groups in total. The number of hydrogen-bond acceptors (Lipinski definition) is 5. The van der Waals surface area contributed by atoms with Gasteiger partial charge in [0.05, 0.1) is 25.4 Å². The summed E-state index contributed by atoms with van der Waals surface area (Å²) in [4.78, 5) is 24.6. The Balaban J connectivity index is 3.40. The van der Waals surface area contributed by atoms with E-state index in [-0.39, 0.29) is 18.5 Å². The van der Waals surface area contributed by atoms with Crippen LogP contribution in [0.2, 0.25) is 0 Å². The van der Waals surface area contributed by atoms with Crippen LogP contribution in [0.1, 0.15) is 393 Å². The van der Waals surface area contributed by atoms with Gasteiger partial charge in [0.1, 0.15) is 0 Å². The lowest BCUT2D eigenvalue weighted by molar-refractivity contribution is -0.143. The molecular weight excluding hydrogens is 971 g/mol. The largest absolute Gasteiger partial charge is 0.466 e. The Morgan fingerprint density at radius 3 is 0.987 bits per heavy atom. The van der Waals surface area contributed by atoms with Crippen molar-refractivity contribution < 1.29 is 24.5 Å². The van der Waals surface area contributed by atoms with Crippen LogP contribution in [0.25, 0.3) is 0 Å². The monoisotopic (exact) mass is 1110 g/mol. The number of hydrogen-bond donors (Lipinski definition) is 3. The molecule has 0 fully saturated rings. The van der Waals surface area contributed by atoms with Crippen molar-refractivity contribution in [3.63, 3.8) is 0 Å². The third kappa shape index (κ3) is 65.1. The van der Waals surface area contributed by atoms with Crippen molar-refractivity contribution in [1.82, 2.24) is 5.32 Å². The van der Waals surface area contributed by atoms with E-state index in [0.717, 1.165) is 51.4 Å². The van der Waals surface area contributed by atoms with Crippen LogP contribution in [-0.4, -0.2) is 47.4 Å². The molecule has 6 heteroatoms. The van der Waals surface area contributed by atoms with Crippen molar-refractivity contribution in [3.8, 4) is 0 Å². The summed E-state index contributed by atoms with van der Waals surface area (Å²) in [6, 6.07) is -0.629. The van der Waals surface area contributed by atoms with Gasteiger partial charge in [-0.1, -0.05) is 352 Å². The summed E-state index contributed by atoms with van der Waals surface area (Å²) >= 11 is 0. The van der Waals surface area contributed by atoms with Crippen LogP contribution in [0, 0.1) is 0 Å². The van der Waals surface area contributed by atoms with E-state index >= 15 is 0 Å². The molecule has 0 aromatic heterocycles. The molecule has 0 aliphatic carbocycles. The zero-order valence-electron chi connectivity index (χ0n) is 53.4. The molecule has 6 nitrogen and oxygen atoms in total. The van der Waals surface area contributed by atoms with Crippen LogP contribution in [0.3, 0.4) is 0 Å². The van der Waals surface area contributed by atoms with E-state index in [0.29, 0.717) is 19.4 Å². The molecule has 2 atom stereocenters. The van der Waals surface area contributed by atoms with Gasteiger partial charge in [-0.15, -0.1) is 0 Å². The summed E-state index contributed by atoms with van der Waals surface area (Å²) in [6.45, 7) is 4.91. The number of nitrogens with one attached hydrogen (secondary N) is 1. The minimum absolute atomic E-state index is 0.00676. The Morgan fingerprint density at radius 2 is 0.633 bits per heavy atom. The molecule has 1 amide bonds. The van der Waals surface area contributed by atoms with Gasteiger partial charge >= 0.3 is 5.97 Å². The van der Waals surface area contributed by atoms with Gasteiger partial charge in [0, 0.05) is 12.8 Å². The normalized spacial score (nSPS) is 12.7. The van der Waals surface area contributed by atoms with Gasteiger partial charge in [0.15, 0.2) is 0 Å². The van der Waals surface area contributed by atoms with Gasteiger partial charge in [0.2, 0.25) is 5.91 Å². The number of esters is 1. The molecule has 0 heterocycles. The number of rotatable bonds is 67. The molecule has 0 aromatic rings. The van der Waals surface area contributed by atoms with Crippen molar-refractivity contribution in [3.05, 3.63) is 36.5 Å². The smallest absolute Gasteiger partial charge is 0.305 e. The highest BCUT2D eigenvalue weighted by Gasteiger charge is 2.18. The summed E-state index contributed by atoms with van der Waals surface area (Å²) < 4.78 is 5.50. The third-order valence-corrected chi connectivity index (χ3v) is 16.7. The average molecular weight is 1110 g/mol. The molecule has 0 bridgehead atoms. The first-order chi connectivity index (χ1) is 39.0. The average Bonchev–Trinajstić information content (AvgIpc) is 3.45. The van der Waals surface area contributed by atoms with Gasteiger partial charge in [-0.3, -0.25) is 9.59 Å². The topological polar surface area (TPSA) is 95.9 Å². The molecule has 0 saturated heterocycles. The Bertz CT molecular complexity index is 1280. The van der Waals surface area contributed by atoms with Crippen molar-refractivity contribution in [2.24, 2.45) is 0 Å². The Morgan fingerprint density at radius 1 is 0.354 bits per heavy atom. The van der Waals surface area contributed by atoms with E-state index in [1.54, 1.807) is 6.08 Å². The van der Waals surface area contributed by atoms with Gasteiger partial charge in [-0.05, 0) is 64.2 Å². The quantitative estimate of drug-likeness (QED) is 0.0320. The molecule has 0 aliphatic rings. The minimum Gasteiger partial charge on any atom is -0.466 e. The first-order valence-corrected chi connectivity index (χ1v) is 35.8. The predicted octanol–water partition coefficient (Wildman–Crippen LogP) is 23.1. The molecule has 0 spiro atoms. The molecule has 0 saturated carbocycles. The van der Waals surface area contributed by atoms with Gasteiger partial charge < -0.3 is 20.3 Å². The van der Waals surface area contributed by atoms with Crippen molar-refractivity contribution in [2.75, 3.05) is 13.2 Å². The highest BCUT2D eigenvalue weighted by molar-refractivity contribution is 5.76.